The second-order valence-corrected chi connectivity index (χ2v) is 11.1. The standard InChI is InChI=1S/C28H40N5O/c1-30-16-9-14-26-28(30)29-27(34-26)22-23-15-18-31(25-13-8-7-12-24(23)25)17-10-20-33(5,6)21-11-19-32(2,3)4/h7-9,12-16,18,22H,10-11,17,19-21H2,1-6H3/q+3. The van der Waals surface area contributed by atoms with Crippen LogP contribution in [0.3, 0.4) is 0 Å². The van der Waals surface area contributed by atoms with Crippen LogP contribution in [0.15, 0.2) is 59.3 Å². The lowest BCUT2D eigenvalue weighted by Gasteiger charge is -2.33. The Kier molecular flexibility index (Phi) is 6.91. The molecule has 1 aliphatic heterocycles. The predicted octanol–water partition coefficient (Wildman–Crippen LogP) is 4.09. The van der Waals surface area contributed by atoms with E-state index in [0.717, 1.165) is 38.7 Å². The summed E-state index contributed by atoms with van der Waals surface area (Å²) in [4.78, 5) is 7.06. The number of pyridine rings is 1. The maximum atomic E-state index is 5.99. The first-order valence-corrected chi connectivity index (χ1v) is 12.2. The monoisotopic (exact) mass is 462 g/mol. The minimum atomic E-state index is 0.632. The summed E-state index contributed by atoms with van der Waals surface area (Å²) in [5.74, 6) is 0.632. The summed E-state index contributed by atoms with van der Waals surface area (Å²) in [6.45, 7) is 4.62. The van der Waals surface area contributed by atoms with Gasteiger partial charge in [0, 0.05) is 47.9 Å². The van der Waals surface area contributed by atoms with Crippen LogP contribution >= 0.6 is 0 Å². The molecule has 0 fully saturated rings. The molecule has 1 aromatic carbocycles. The minimum Gasteiger partial charge on any atom is -0.411 e. The first kappa shape index (κ1) is 24.2. The second kappa shape index (κ2) is 9.72. The lowest BCUT2D eigenvalue weighted by atomic mass is 9.99. The molecular formula is C28H40N5O+3. The number of rotatable bonds is 9. The average molecular weight is 463 g/mol. The van der Waals surface area contributed by atoms with Crippen molar-refractivity contribution < 1.29 is 18.0 Å². The molecule has 6 nitrogen and oxygen atoms in total. The Labute approximate surface area is 204 Å². The van der Waals surface area contributed by atoms with Gasteiger partial charge in [0.2, 0.25) is 5.58 Å². The van der Waals surface area contributed by atoms with Crippen molar-refractivity contribution in [1.82, 2.24) is 4.98 Å². The van der Waals surface area contributed by atoms with E-state index in [9.17, 15) is 0 Å². The van der Waals surface area contributed by atoms with Gasteiger partial charge in [-0.2, -0.15) is 0 Å². The zero-order chi connectivity index (χ0) is 24.3. The smallest absolute Gasteiger partial charge is 0.370 e. The van der Waals surface area contributed by atoms with Crippen molar-refractivity contribution >= 4 is 28.6 Å². The summed E-state index contributed by atoms with van der Waals surface area (Å²) in [5.41, 5.74) is 5.24. The van der Waals surface area contributed by atoms with Gasteiger partial charge in [0.15, 0.2) is 0 Å². The Bertz CT molecular complexity index is 1200. The van der Waals surface area contributed by atoms with Crippen molar-refractivity contribution in [3.8, 4) is 0 Å². The molecule has 0 amide bonds. The molecule has 0 saturated carbocycles. The summed E-state index contributed by atoms with van der Waals surface area (Å²) < 4.78 is 10.1. The van der Waals surface area contributed by atoms with Crippen molar-refractivity contribution in [2.75, 3.05) is 66.3 Å². The highest BCUT2D eigenvalue weighted by Crippen LogP contribution is 2.34. The third-order valence-corrected chi connectivity index (χ3v) is 6.53. The van der Waals surface area contributed by atoms with E-state index in [2.05, 4.69) is 81.7 Å². The van der Waals surface area contributed by atoms with E-state index in [1.54, 1.807) is 0 Å². The number of aromatic nitrogens is 2. The quantitative estimate of drug-likeness (QED) is 0.355. The summed E-state index contributed by atoms with van der Waals surface area (Å²) >= 11 is 0. The first-order chi connectivity index (χ1) is 16.1. The highest BCUT2D eigenvalue weighted by molar-refractivity contribution is 5.94. The number of para-hydroxylation sites is 1. The number of benzene rings is 1. The molecule has 3 heterocycles. The van der Waals surface area contributed by atoms with Crippen LogP contribution in [0.2, 0.25) is 0 Å². The normalized spacial score (nSPS) is 15.4. The Hall–Kier alpha value is -2.96. The van der Waals surface area contributed by atoms with E-state index in [1.165, 1.54) is 37.3 Å². The maximum absolute atomic E-state index is 5.99. The van der Waals surface area contributed by atoms with Crippen LogP contribution in [0.4, 0.5) is 5.69 Å². The van der Waals surface area contributed by atoms with Crippen LogP contribution < -0.4 is 9.47 Å². The fourth-order valence-corrected chi connectivity index (χ4v) is 4.61. The molecular weight excluding hydrogens is 422 g/mol. The number of oxazole rings is 1. The molecule has 0 aliphatic carbocycles. The third kappa shape index (κ3) is 5.93. The molecule has 4 rings (SSSR count). The van der Waals surface area contributed by atoms with Crippen LogP contribution in [-0.4, -0.2) is 75.4 Å². The molecule has 0 spiro atoms. The number of hydrogen-bond acceptors (Lipinski definition) is 3. The summed E-state index contributed by atoms with van der Waals surface area (Å²) in [5, 5.41) is 0. The molecule has 0 bridgehead atoms. The van der Waals surface area contributed by atoms with Gasteiger partial charge in [-0.3, -0.25) is 0 Å². The fourth-order valence-electron chi connectivity index (χ4n) is 4.61. The Morgan fingerprint density at radius 1 is 0.971 bits per heavy atom. The van der Waals surface area contributed by atoms with E-state index in [0.29, 0.717) is 5.89 Å². The first-order valence-electron chi connectivity index (χ1n) is 12.2. The highest BCUT2D eigenvalue weighted by Gasteiger charge is 2.21. The van der Waals surface area contributed by atoms with Crippen molar-refractivity contribution in [3.05, 3.63) is 66.3 Å². The number of aryl methyl sites for hydroxylation is 1. The summed E-state index contributed by atoms with van der Waals surface area (Å²) in [6.07, 6.45) is 10.8. The van der Waals surface area contributed by atoms with Crippen molar-refractivity contribution in [3.63, 3.8) is 0 Å². The predicted molar refractivity (Wildman–Crippen MR) is 140 cm³/mol. The van der Waals surface area contributed by atoms with Gasteiger partial charge in [-0.15, -0.1) is 0 Å². The zero-order valence-electron chi connectivity index (χ0n) is 21.7. The SMILES string of the molecule is C[n+]1cccc2oc(/C=C3\C=CN(CCC[N+](C)(C)CCC[N+](C)(C)C)c4ccccc43)nc21. The molecule has 0 radical (unpaired) electrons. The molecule has 0 saturated heterocycles. The number of anilines is 1. The van der Waals surface area contributed by atoms with Crippen LogP contribution in [-0.2, 0) is 7.05 Å². The molecule has 2 aromatic heterocycles. The number of allylic oxidation sites excluding steroid dienone is 2. The average Bonchev–Trinajstić information content (AvgIpc) is 3.18. The van der Waals surface area contributed by atoms with E-state index in [1.807, 2.05) is 36.0 Å². The minimum absolute atomic E-state index is 0.632. The van der Waals surface area contributed by atoms with Crippen LogP contribution in [0.25, 0.3) is 22.9 Å². The van der Waals surface area contributed by atoms with E-state index in [-0.39, 0.29) is 0 Å². The van der Waals surface area contributed by atoms with Crippen LogP contribution in [0.5, 0.6) is 0 Å². The molecule has 0 unspecified atom stereocenters. The molecule has 3 aromatic rings. The Morgan fingerprint density at radius 2 is 1.74 bits per heavy atom. The molecule has 0 atom stereocenters. The van der Waals surface area contributed by atoms with Gasteiger partial charge in [0.1, 0.15) is 0 Å². The molecule has 1 aliphatic rings. The van der Waals surface area contributed by atoms with Gasteiger partial charge >= 0.3 is 11.5 Å². The van der Waals surface area contributed by atoms with Crippen molar-refractivity contribution in [1.29, 1.82) is 0 Å². The van der Waals surface area contributed by atoms with Gasteiger partial charge in [0.05, 0.1) is 68.1 Å². The topological polar surface area (TPSA) is 33.1 Å². The lowest BCUT2D eigenvalue weighted by Crippen LogP contribution is -2.45. The second-order valence-electron chi connectivity index (χ2n) is 11.1. The van der Waals surface area contributed by atoms with Crippen molar-refractivity contribution in [2.45, 2.75) is 12.8 Å². The van der Waals surface area contributed by atoms with Gasteiger partial charge in [-0.25, -0.2) is 4.57 Å². The van der Waals surface area contributed by atoms with Gasteiger partial charge in [-0.1, -0.05) is 18.2 Å². The number of nitrogens with zero attached hydrogens (tertiary/aromatic N) is 5. The van der Waals surface area contributed by atoms with Gasteiger partial charge in [0.25, 0.3) is 0 Å². The van der Waals surface area contributed by atoms with E-state index in [4.69, 9.17) is 4.42 Å². The van der Waals surface area contributed by atoms with Gasteiger partial charge < -0.3 is 18.3 Å². The largest absolute Gasteiger partial charge is 0.411 e. The van der Waals surface area contributed by atoms with E-state index >= 15 is 0 Å². The Morgan fingerprint density at radius 3 is 2.50 bits per heavy atom. The van der Waals surface area contributed by atoms with Crippen molar-refractivity contribution in [2.24, 2.45) is 7.05 Å². The fraction of sp³-hybridized carbons (Fsp3) is 0.429. The Balaban J connectivity index is 1.44. The summed E-state index contributed by atoms with van der Waals surface area (Å²) in [6, 6.07) is 12.5. The van der Waals surface area contributed by atoms with Gasteiger partial charge in [-0.05, 0) is 29.8 Å². The highest BCUT2D eigenvalue weighted by atomic mass is 16.3. The number of fused-ring (bicyclic) bond motifs is 2. The van der Waals surface area contributed by atoms with E-state index < -0.39 is 0 Å². The molecule has 180 valence electrons. The number of hydrogen-bond donors (Lipinski definition) is 0. The molecule has 0 N–H and O–H groups in total. The maximum Gasteiger partial charge on any atom is 0.370 e. The number of quaternary nitrogens is 2. The third-order valence-electron chi connectivity index (χ3n) is 6.53. The molecule has 6 heteroatoms. The summed E-state index contributed by atoms with van der Waals surface area (Å²) in [7, 11) is 13.5. The van der Waals surface area contributed by atoms with Crippen LogP contribution in [0, 0.1) is 0 Å². The molecule has 34 heavy (non-hydrogen) atoms. The lowest BCUT2D eigenvalue weighted by molar-refractivity contribution is -0.902. The zero-order valence-corrected chi connectivity index (χ0v) is 21.7. The van der Waals surface area contributed by atoms with Crippen LogP contribution in [0.1, 0.15) is 24.3 Å².